The molecule has 1 N–H and O–H groups in total. The highest BCUT2D eigenvalue weighted by atomic mass is 32.2. The lowest BCUT2D eigenvalue weighted by molar-refractivity contribution is 0.242. The predicted octanol–water partition coefficient (Wildman–Crippen LogP) is 1.53. The monoisotopic (exact) mass is 305 g/mol. The average molecular weight is 305 g/mol. The van der Waals surface area contributed by atoms with Crippen molar-refractivity contribution in [2.75, 3.05) is 39.3 Å². The molecule has 1 heterocycles. The normalized spacial score (nSPS) is 21.8. The van der Waals surface area contributed by atoms with Crippen LogP contribution in [0.25, 0.3) is 0 Å². The number of hydrogen-bond acceptors (Lipinski definition) is 3. The molecule has 0 aromatic heterocycles. The largest absolute Gasteiger partial charge is 0.316 e. The molecule has 0 amide bonds. The summed E-state index contributed by atoms with van der Waals surface area (Å²) in [5, 5.41) is 3.45. The quantitative estimate of drug-likeness (QED) is 0.740. The fraction of sp³-hybridized carbons (Fsp3) is 1.00. The van der Waals surface area contributed by atoms with E-state index in [0.717, 1.165) is 25.9 Å². The second-order valence-corrected chi connectivity index (χ2v) is 7.94. The van der Waals surface area contributed by atoms with Crippen LogP contribution in [0.1, 0.15) is 40.5 Å². The standard InChI is InChI=1S/C14H31N3O2S/c1-5-16(6-2)20(18,19)17-9-7-8-14(12-17)11-15-10-13(3)4/h13-15H,5-12H2,1-4H3. The second kappa shape index (κ2) is 8.32. The van der Waals surface area contributed by atoms with Gasteiger partial charge in [-0.3, -0.25) is 0 Å². The Balaban J connectivity index is 2.55. The fourth-order valence-electron chi connectivity index (χ4n) is 2.69. The molecule has 120 valence electrons. The predicted molar refractivity (Wildman–Crippen MR) is 83.8 cm³/mol. The molecule has 1 rings (SSSR count). The molecule has 1 atom stereocenters. The molecule has 1 saturated heterocycles. The molecular formula is C14H31N3O2S. The van der Waals surface area contributed by atoms with Gasteiger partial charge in [-0.15, -0.1) is 0 Å². The van der Waals surface area contributed by atoms with E-state index in [1.807, 2.05) is 13.8 Å². The van der Waals surface area contributed by atoms with E-state index in [2.05, 4.69) is 19.2 Å². The van der Waals surface area contributed by atoms with Gasteiger partial charge in [0.15, 0.2) is 0 Å². The summed E-state index contributed by atoms with van der Waals surface area (Å²) in [4.78, 5) is 0. The Hall–Kier alpha value is -0.170. The molecule has 1 aliphatic heterocycles. The summed E-state index contributed by atoms with van der Waals surface area (Å²) in [6.45, 7) is 12.5. The maximum absolute atomic E-state index is 12.5. The third-order valence-electron chi connectivity index (χ3n) is 3.83. The minimum Gasteiger partial charge on any atom is -0.316 e. The van der Waals surface area contributed by atoms with Gasteiger partial charge < -0.3 is 5.32 Å². The van der Waals surface area contributed by atoms with E-state index < -0.39 is 10.2 Å². The van der Waals surface area contributed by atoms with Crippen molar-refractivity contribution in [3.05, 3.63) is 0 Å². The Labute approximate surface area is 124 Å². The van der Waals surface area contributed by atoms with Gasteiger partial charge in [-0.1, -0.05) is 27.7 Å². The molecule has 1 aliphatic rings. The van der Waals surface area contributed by atoms with E-state index in [9.17, 15) is 8.42 Å². The summed E-state index contributed by atoms with van der Waals surface area (Å²) in [6.07, 6.45) is 2.09. The first-order valence-corrected chi connectivity index (χ1v) is 9.27. The lowest BCUT2D eigenvalue weighted by Crippen LogP contribution is -2.49. The van der Waals surface area contributed by atoms with Crippen LogP contribution >= 0.6 is 0 Å². The first-order valence-electron chi connectivity index (χ1n) is 7.87. The maximum Gasteiger partial charge on any atom is 0.281 e. The zero-order valence-corrected chi connectivity index (χ0v) is 14.2. The van der Waals surface area contributed by atoms with Gasteiger partial charge in [0, 0.05) is 26.2 Å². The van der Waals surface area contributed by atoms with Crippen molar-refractivity contribution in [2.24, 2.45) is 11.8 Å². The molecule has 0 aliphatic carbocycles. The Kier molecular flexibility index (Phi) is 7.43. The lowest BCUT2D eigenvalue weighted by atomic mass is 9.99. The van der Waals surface area contributed by atoms with Gasteiger partial charge in [0.25, 0.3) is 10.2 Å². The van der Waals surface area contributed by atoms with Crippen LogP contribution in [0.5, 0.6) is 0 Å². The van der Waals surface area contributed by atoms with Crippen molar-refractivity contribution in [1.29, 1.82) is 0 Å². The fourth-order valence-corrected chi connectivity index (χ4v) is 4.43. The average Bonchev–Trinajstić information content (AvgIpc) is 2.39. The third-order valence-corrected chi connectivity index (χ3v) is 5.98. The Morgan fingerprint density at radius 3 is 2.50 bits per heavy atom. The number of nitrogens with one attached hydrogen (secondary N) is 1. The van der Waals surface area contributed by atoms with Crippen molar-refractivity contribution in [3.63, 3.8) is 0 Å². The van der Waals surface area contributed by atoms with Gasteiger partial charge >= 0.3 is 0 Å². The molecule has 1 unspecified atom stereocenters. The highest BCUT2D eigenvalue weighted by Crippen LogP contribution is 2.20. The highest BCUT2D eigenvalue weighted by molar-refractivity contribution is 7.86. The van der Waals surface area contributed by atoms with Crippen LogP contribution in [0.2, 0.25) is 0 Å². The zero-order valence-electron chi connectivity index (χ0n) is 13.4. The molecule has 0 radical (unpaired) electrons. The number of piperidine rings is 1. The van der Waals surface area contributed by atoms with Crippen LogP contribution in [-0.4, -0.2) is 56.3 Å². The van der Waals surface area contributed by atoms with Gasteiger partial charge in [-0.2, -0.15) is 17.0 Å². The molecule has 0 saturated carbocycles. The topological polar surface area (TPSA) is 52.7 Å². The summed E-state index contributed by atoms with van der Waals surface area (Å²) in [7, 11) is -3.26. The van der Waals surface area contributed by atoms with Crippen LogP contribution in [-0.2, 0) is 10.2 Å². The van der Waals surface area contributed by atoms with E-state index in [-0.39, 0.29) is 0 Å². The van der Waals surface area contributed by atoms with Crippen LogP contribution < -0.4 is 5.32 Å². The van der Waals surface area contributed by atoms with Crippen molar-refractivity contribution >= 4 is 10.2 Å². The van der Waals surface area contributed by atoms with Crippen molar-refractivity contribution < 1.29 is 8.42 Å². The molecule has 1 fully saturated rings. The number of nitrogens with zero attached hydrogens (tertiary/aromatic N) is 2. The van der Waals surface area contributed by atoms with Crippen LogP contribution in [0.15, 0.2) is 0 Å². The first-order chi connectivity index (χ1) is 9.41. The number of rotatable bonds is 8. The molecule has 0 aromatic rings. The summed E-state index contributed by atoms with van der Waals surface area (Å²) < 4.78 is 28.2. The molecule has 20 heavy (non-hydrogen) atoms. The summed E-state index contributed by atoms with van der Waals surface area (Å²) >= 11 is 0. The SMILES string of the molecule is CCN(CC)S(=O)(=O)N1CCCC(CNCC(C)C)C1. The van der Waals surface area contributed by atoms with E-state index >= 15 is 0 Å². The molecule has 6 heteroatoms. The molecular weight excluding hydrogens is 274 g/mol. The zero-order chi connectivity index (χ0) is 15.2. The Morgan fingerprint density at radius 1 is 1.30 bits per heavy atom. The second-order valence-electron chi connectivity index (χ2n) is 6.01. The van der Waals surface area contributed by atoms with Gasteiger partial charge in [0.1, 0.15) is 0 Å². The highest BCUT2D eigenvalue weighted by Gasteiger charge is 2.31. The van der Waals surface area contributed by atoms with Gasteiger partial charge in [0.05, 0.1) is 0 Å². The molecule has 0 bridgehead atoms. The van der Waals surface area contributed by atoms with Crippen molar-refractivity contribution in [2.45, 2.75) is 40.5 Å². The summed E-state index contributed by atoms with van der Waals surface area (Å²) in [5.41, 5.74) is 0. The van der Waals surface area contributed by atoms with E-state index in [1.54, 1.807) is 8.61 Å². The molecule has 0 aromatic carbocycles. The smallest absolute Gasteiger partial charge is 0.281 e. The molecule has 5 nitrogen and oxygen atoms in total. The first kappa shape index (κ1) is 17.9. The third kappa shape index (κ3) is 4.98. The minimum atomic E-state index is -3.26. The van der Waals surface area contributed by atoms with Crippen LogP contribution in [0.4, 0.5) is 0 Å². The van der Waals surface area contributed by atoms with Crippen LogP contribution in [0, 0.1) is 11.8 Å². The van der Waals surface area contributed by atoms with Gasteiger partial charge in [-0.05, 0) is 37.8 Å². The Bertz CT molecular complexity index is 367. The van der Waals surface area contributed by atoms with E-state index in [1.165, 1.54) is 0 Å². The maximum atomic E-state index is 12.5. The van der Waals surface area contributed by atoms with Crippen molar-refractivity contribution in [3.8, 4) is 0 Å². The van der Waals surface area contributed by atoms with Crippen LogP contribution in [0.3, 0.4) is 0 Å². The van der Waals surface area contributed by atoms with Gasteiger partial charge in [0.2, 0.25) is 0 Å². The Morgan fingerprint density at radius 2 is 1.95 bits per heavy atom. The van der Waals surface area contributed by atoms with E-state index in [4.69, 9.17) is 0 Å². The van der Waals surface area contributed by atoms with Gasteiger partial charge in [-0.25, -0.2) is 0 Å². The number of hydrogen-bond donors (Lipinski definition) is 1. The van der Waals surface area contributed by atoms with E-state index in [0.29, 0.717) is 38.0 Å². The van der Waals surface area contributed by atoms with Crippen molar-refractivity contribution in [1.82, 2.24) is 13.9 Å². The minimum absolute atomic E-state index is 0.438. The molecule has 0 spiro atoms. The summed E-state index contributed by atoms with van der Waals surface area (Å²) in [5.74, 6) is 1.07. The lowest BCUT2D eigenvalue weighted by Gasteiger charge is -2.35. The summed E-state index contributed by atoms with van der Waals surface area (Å²) in [6, 6.07) is 0.